The summed E-state index contributed by atoms with van der Waals surface area (Å²) in [6.45, 7) is 2.73. The average Bonchev–Trinajstić information content (AvgIpc) is 3.01. The summed E-state index contributed by atoms with van der Waals surface area (Å²) < 4.78 is 4.95. The van der Waals surface area contributed by atoms with Gasteiger partial charge in [-0.05, 0) is 12.3 Å². The number of fused-ring (bicyclic) bond motifs is 1. The number of aromatic nitrogens is 2. The van der Waals surface area contributed by atoms with E-state index < -0.39 is 0 Å². The van der Waals surface area contributed by atoms with Crippen LogP contribution in [-0.4, -0.2) is 21.8 Å². The molecule has 5 heteroatoms. The van der Waals surface area contributed by atoms with Crippen LogP contribution in [0.25, 0.3) is 10.8 Å². The largest absolute Gasteiger partial charge is 0.507 e. The molecule has 0 aliphatic heterocycles. The fourth-order valence-electron chi connectivity index (χ4n) is 2.43. The zero-order valence-electron chi connectivity index (χ0n) is 11.8. The number of phenolic OH excluding ortho intramolecular Hbond substituents is 1. The number of benzene rings is 2. The van der Waals surface area contributed by atoms with E-state index in [1.807, 2.05) is 43.3 Å². The van der Waals surface area contributed by atoms with Gasteiger partial charge in [-0.3, -0.25) is 0 Å². The molecule has 21 heavy (non-hydrogen) atoms. The molecular formula is C16H17N3O2. The molecule has 1 unspecified atom stereocenters. The smallest absolute Gasteiger partial charge is 0.227 e. The molecule has 0 radical (unpaired) electrons. The Morgan fingerprint density at radius 3 is 2.90 bits per heavy atom. The Morgan fingerprint density at radius 2 is 2.10 bits per heavy atom. The normalized spacial score (nSPS) is 12.6. The first-order valence-electron chi connectivity index (χ1n) is 6.95. The van der Waals surface area contributed by atoms with Crippen molar-refractivity contribution in [1.29, 1.82) is 0 Å². The van der Waals surface area contributed by atoms with E-state index in [9.17, 15) is 5.11 Å². The monoisotopic (exact) mass is 283 g/mol. The van der Waals surface area contributed by atoms with Crippen molar-refractivity contribution in [3.8, 4) is 5.75 Å². The molecule has 1 atom stereocenters. The second kappa shape index (κ2) is 5.93. The van der Waals surface area contributed by atoms with Gasteiger partial charge in [-0.15, -0.1) is 0 Å². The van der Waals surface area contributed by atoms with E-state index >= 15 is 0 Å². The second-order valence-electron chi connectivity index (χ2n) is 4.99. The lowest BCUT2D eigenvalue weighted by Gasteiger charge is -2.16. The van der Waals surface area contributed by atoms with Crippen molar-refractivity contribution in [3.63, 3.8) is 0 Å². The van der Waals surface area contributed by atoms with Crippen molar-refractivity contribution in [2.75, 3.05) is 6.54 Å². The molecule has 108 valence electrons. The number of nitrogens with zero attached hydrogens (tertiary/aromatic N) is 2. The molecule has 1 heterocycles. The van der Waals surface area contributed by atoms with Gasteiger partial charge >= 0.3 is 0 Å². The third kappa shape index (κ3) is 2.87. The second-order valence-corrected chi connectivity index (χ2v) is 4.99. The van der Waals surface area contributed by atoms with Crippen molar-refractivity contribution in [3.05, 3.63) is 54.2 Å². The molecular weight excluding hydrogens is 266 g/mol. The van der Waals surface area contributed by atoms with Gasteiger partial charge in [0.15, 0.2) is 6.33 Å². The topological polar surface area (TPSA) is 71.2 Å². The Morgan fingerprint density at radius 1 is 1.24 bits per heavy atom. The lowest BCUT2D eigenvalue weighted by molar-refractivity contribution is 0.372. The lowest BCUT2D eigenvalue weighted by atomic mass is 10.0. The minimum absolute atomic E-state index is 0.0394. The van der Waals surface area contributed by atoms with Gasteiger partial charge < -0.3 is 14.9 Å². The van der Waals surface area contributed by atoms with Crippen molar-refractivity contribution in [2.24, 2.45) is 0 Å². The van der Waals surface area contributed by atoms with Crippen molar-refractivity contribution >= 4 is 10.8 Å². The van der Waals surface area contributed by atoms with E-state index in [0.717, 1.165) is 16.3 Å². The van der Waals surface area contributed by atoms with E-state index in [1.165, 1.54) is 6.33 Å². The highest BCUT2D eigenvalue weighted by molar-refractivity contribution is 5.89. The Hall–Kier alpha value is -2.40. The van der Waals surface area contributed by atoms with Crippen LogP contribution in [0, 0.1) is 0 Å². The third-order valence-corrected chi connectivity index (χ3v) is 3.59. The van der Waals surface area contributed by atoms with Crippen LogP contribution in [0.2, 0.25) is 0 Å². The van der Waals surface area contributed by atoms with Crippen molar-refractivity contribution in [1.82, 2.24) is 15.5 Å². The Kier molecular flexibility index (Phi) is 3.83. The van der Waals surface area contributed by atoms with Crippen molar-refractivity contribution < 1.29 is 9.63 Å². The number of hydrogen-bond acceptors (Lipinski definition) is 5. The average molecular weight is 283 g/mol. The maximum atomic E-state index is 10.4. The zero-order chi connectivity index (χ0) is 14.7. The van der Waals surface area contributed by atoms with Gasteiger partial charge in [0.2, 0.25) is 5.89 Å². The number of hydrogen-bond donors (Lipinski definition) is 2. The molecule has 0 fully saturated rings. The van der Waals surface area contributed by atoms with E-state index in [2.05, 4.69) is 15.5 Å². The molecule has 0 saturated heterocycles. The summed E-state index contributed by atoms with van der Waals surface area (Å²) in [5.74, 6) is 0.948. The molecule has 1 aromatic heterocycles. The predicted octanol–water partition coefficient (Wildman–Crippen LogP) is 2.82. The molecule has 0 amide bonds. The Balaban J connectivity index is 1.72. The fraction of sp³-hybridized carbons (Fsp3) is 0.250. The predicted molar refractivity (Wildman–Crippen MR) is 80.0 cm³/mol. The van der Waals surface area contributed by atoms with Crippen LogP contribution in [0.5, 0.6) is 5.75 Å². The molecule has 3 rings (SSSR count). The van der Waals surface area contributed by atoms with Crippen LogP contribution < -0.4 is 5.32 Å². The first kappa shape index (κ1) is 13.6. The van der Waals surface area contributed by atoms with E-state index in [4.69, 9.17) is 4.52 Å². The minimum Gasteiger partial charge on any atom is -0.507 e. The van der Waals surface area contributed by atoms with Gasteiger partial charge in [0.25, 0.3) is 0 Å². The van der Waals surface area contributed by atoms with Crippen LogP contribution in [0.15, 0.2) is 47.2 Å². The van der Waals surface area contributed by atoms with Gasteiger partial charge in [0.05, 0.1) is 0 Å². The van der Waals surface area contributed by atoms with Crippen LogP contribution in [-0.2, 0) is 6.42 Å². The first-order chi connectivity index (χ1) is 10.3. The summed E-state index contributed by atoms with van der Waals surface area (Å²) in [5.41, 5.74) is 0.888. The number of rotatable bonds is 5. The first-order valence-corrected chi connectivity index (χ1v) is 6.95. The molecule has 3 aromatic rings. The highest BCUT2D eigenvalue weighted by Crippen LogP contribution is 2.32. The molecule has 0 aliphatic rings. The summed E-state index contributed by atoms with van der Waals surface area (Å²) in [4.78, 5) is 3.98. The maximum Gasteiger partial charge on any atom is 0.227 e. The summed E-state index contributed by atoms with van der Waals surface area (Å²) in [7, 11) is 0. The molecule has 2 N–H and O–H groups in total. The Bertz CT molecular complexity index is 725. The SMILES string of the molecule is CC(NCCc1ncno1)c1ccc2ccccc2c1O. The molecule has 0 saturated carbocycles. The quantitative estimate of drug-likeness (QED) is 0.753. The van der Waals surface area contributed by atoms with Crippen LogP contribution in [0.1, 0.15) is 24.4 Å². The highest BCUT2D eigenvalue weighted by Gasteiger charge is 2.12. The van der Waals surface area contributed by atoms with Gasteiger partial charge in [0, 0.05) is 30.0 Å². The minimum atomic E-state index is 0.0394. The highest BCUT2D eigenvalue weighted by atomic mass is 16.5. The van der Waals surface area contributed by atoms with Crippen LogP contribution >= 0.6 is 0 Å². The summed E-state index contributed by atoms with van der Waals surface area (Å²) >= 11 is 0. The molecule has 0 bridgehead atoms. The number of phenols is 1. The zero-order valence-corrected chi connectivity index (χ0v) is 11.8. The number of aromatic hydroxyl groups is 1. The van der Waals surface area contributed by atoms with Gasteiger partial charge in [-0.2, -0.15) is 4.98 Å². The van der Waals surface area contributed by atoms with E-state index in [1.54, 1.807) is 0 Å². The molecule has 0 aliphatic carbocycles. The van der Waals surface area contributed by atoms with Gasteiger partial charge in [-0.1, -0.05) is 41.6 Å². The molecule has 0 spiro atoms. The van der Waals surface area contributed by atoms with Gasteiger partial charge in [-0.25, -0.2) is 0 Å². The molecule has 5 nitrogen and oxygen atoms in total. The third-order valence-electron chi connectivity index (χ3n) is 3.59. The van der Waals surface area contributed by atoms with Gasteiger partial charge in [0.1, 0.15) is 5.75 Å². The Labute approximate surface area is 122 Å². The lowest BCUT2D eigenvalue weighted by Crippen LogP contribution is -2.21. The molecule has 2 aromatic carbocycles. The fourth-order valence-corrected chi connectivity index (χ4v) is 2.43. The van der Waals surface area contributed by atoms with E-state index in [0.29, 0.717) is 24.6 Å². The summed E-state index contributed by atoms with van der Waals surface area (Å²) in [5, 5.41) is 19.3. The summed E-state index contributed by atoms with van der Waals surface area (Å²) in [6.07, 6.45) is 2.06. The van der Waals surface area contributed by atoms with Crippen molar-refractivity contribution in [2.45, 2.75) is 19.4 Å². The summed E-state index contributed by atoms with van der Waals surface area (Å²) in [6, 6.07) is 11.8. The van der Waals surface area contributed by atoms with Crippen LogP contribution in [0.3, 0.4) is 0 Å². The maximum absolute atomic E-state index is 10.4. The van der Waals surface area contributed by atoms with E-state index in [-0.39, 0.29) is 6.04 Å². The van der Waals surface area contributed by atoms with Crippen LogP contribution in [0.4, 0.5) is 0 Å². The standard InChI is InChI=1S/C16H17N3O2/c1-11(17-9-8-15-18-10-19-21-15)13-7-6-12-4-2-3-5-14(12)16(13)20/h2-7,10-11,17,20H,8-9H2,1H3. The number of nitrogens with one attached hydrogen (secondary N) is 1.